The molecule has 0 unspecified atom stereocenters. The van der Waals surface area contributed by atoms with Crippen molar-refractivity contribution in [3.63, 3.8) is 0 Å². The van der Waals surface area contributed by atoms with Gasteiger partial charge in [-0.2, -0.15) is 0 Å². The van der Waals surface area contributed by atoms with Crippen molar-refractivity contribution in [2.45, 2.75) is 39.1 Å². The van der Waals surface area contributed by atoms with E-state index in [2.05, 4.69) is 28.5 Å². The average Bonchev–Trinajstić information content (AvgIpc) is 3.30. The van der Waals surface area contributed by atoms with Crippen molar-refractivity contribution in [2.24, 2.45) is 0 Å². The van der Waals surface area contributed by atoms with E-state index in [1.54, 1.807) is 29.2 Å². The van der Waals surface area contributed by atoms with Crippen molar-refractivity contribution < 1.29 is 19.1 Å². The minimum absolute atomic E-state index is 0.0598. The molecule has 1 saturated heterocycles. The molecule has 0 atom stereocenters. The van der Waals surface area contributed by atoms with Crippen molar-refractivity contribution in [3.8, 4) is 5.75 Å². The van der Waals surface area contributed by atoms with E-state index >= 15 is 0 Å². The van der Waals surface area contributed by atoms with E-state index in [1.807, 2.05) is 30.5 Å². The smallest absolute Gasteiger partial charge is 0.254 e. The SMILES string of the molecule is CCn1c(COc2cccc(C)c2C)nnc1SCC(=O)Nc1cccc(C(=O)N2CCOCC2)c1. The van der Waals surface area contributed by atoms with Crippen molar-refractivity contribution in [1.29, 1.82) is 0 Å². The first-order chi connectivity index (χ1) is 17.5. The number of hydrogen-bond acceptors (Lipinski definition) is 7. The van der Waals surface area contributed by atoms with Gasteiger partial charge in [0.05, 0.1) is 19.0 Å². The van der Waals surface area contributed by atoms with Crippen LogP contribution in [-0.2, 0) is 22.7 Å². The number of carbonyl (C=O) groups is 2. The standard InChI is InChI=1S/C26H31N5O4S/c1-4-31-23(16-35-22-10-5-7-18(2)19(22)3)28-29-26(31)36-17-24(32)27-21-9-6-8-20(15-21)25(33)30-11-13-34-14-12-30/h5-10,15H,4,11-14,16-17H2,1-3H3,(H,27,32). The highest BCUT2D eigenvalue weighted by atomic mass is 32.2. The molecule has 1 N–H and O–H groups in total. The number of hydrogen-bond donors (Lipinski definition) is 1. The van der Waals surface area contributed by atoms with Crippen LogP contribution in [0.4, 0.5) is 5.69 Å². The molecular formula is C26H31N5O4S. The lowest BCUT2D eigenvalue weighted by Gasteiger charge is -2.27. The molecule has 0 bridgehead atoms. The van der Waals surface area contributed by atoms with Gasteiger partial charge in [-0.3, -0.25) is 9.59 Å². The number of carbonyl (C=O) groups excluding carboxylic acids is 2. The Bertz CT molecular complexity index is 1220. The first-order valence-corrected chi connectivity index (χ1v) is 13.0. The van der Waals surface area contributed by atoms with Gasteiger partial charge in [0.2, 0.25) is 5.91 Å². The van der Waals surface area contributed by atoms with Gasteiger partial charge in [-0.25, -0.2) is 0 Å². The maximum Gasteiger partial charge on any atom is 0.254 e. The Balaban J connectivity index is 1.33. The van der Waals surface area contributed by atoms with Crippen LogP contribution < -0.4 is 10.1 Å². The highest BCUT2D eigenvalue weighted by Crippen LogP contribution is 2.23. The second-order valence-corrected chi connectivity index (χ2v) is 9.39. The van der Waals surface area contributed by atoms with Gasteiger partial charge >= 0.3 is 0 Å². The number of morpholine rings is 1. The molecule has 2 heterocycles. The number of rotatable bonds is 9. The summed E-state index contributed by atoms with van der Waals surface area (Å²) in [5.74, 6) is 1.45. The molecule has 1 aliphatic heterocycles. The molecule has 0 spiro atoms. The fourth-order valence-electron chi connectivity index (χ4n) is 3.88. The highest BCUT2D eigenvalue weighted by molar-refractivity contribution is 7.99. The molecule has 0 saturated carbocycles. The predicted octanol–water partition coefficient (Wildman–Crippen LogP) is 3.70. The van der Waals surface area contributed by atoms with Crippen LogP contribution in [0.2, 0.25) is 0 Å². The first kappa shape index (κ1) is 25.7. The molecule has 1 fully saturated rings. The van der Waals surface area contributed by atoms with Crippen molar-refractivity contribution in [3.05, 3.63) is 65.0 Å². The third kappa shape index (κ3) is 6.24. The lowest BCUT2D eigenvalue weighted by molar-refractivity contribution is -0.113. The Hall–Kier alpha value is -3.37. The molecule has 1 aliphatic rings. The zero-order valence-corrected chi connectivity index (χ0v) is 21.6. The molecule has 1 aromatic heterocycles. The summed E-state index contributed by atoms with van der Waals surface area (Å²) in [7, 11) is 0. The topological polar surface area (TPSA) is 98.6 Å². The third-order valence-electron chi connectivity index (χ3n) is 6.05. The number of nitrogens with one attached hydrogen (secondary N) is 1. The second-order valence-electron chi connectivity index (χ2n) is 8.45. The van der Waals surface area contributed by atoms with Gasteiger partial charge in [-0.15, -0.1) is 10.2 Å². The molecule has 0 aliphatic carbocycles. The number of nitrogens with zero attached hydrogens (tertiary/aromatic N) is 4. The van der Waals surface area contributed by atoms with E-state index in [-0.39, 0.29) is 17.6 Å². The van der Waals surface area contributed by atoms with E-state index in [9.17, 15) is 9.59 Å². The molecule has 0 radical (unpaired) electrons. The number of aromatic nitrogens is 3. The second kappa shape index (κ2) is 12.0. The number of benzene rings is 2. The van der Waals surface area contributed by atoms with Gasteiger partial charge in [-0.1, -0.05) is 30.0 Å². The third-order valence-corrected chi connectivity index (χ3v) is 7.01. The average molecular weight is 510 g/mol. The maximum absolute atomic E-state index is 12.7. The Morgan fingerprint density at radius 2 is 1.89 bits per heavy atom. The van der Waals surface area contributed by atoms with E-state index in [4.69, 9.17) is 9.47 Å². The maximum atomic E-state index is 12.7. The summed E-state index contributed by atoms with van der Waals surface area (Å²) in [6, 6.07) is 13.0. The Morgan fingerprint density at radius 1 is 1.11 bits per heavy atom. The fraction of sp³-hybridized carbons (Fsp3) is 0.385. The molecule has 3 aromatic rings. The summed E-state index contributed by atoms with van der Waals surface area (Å²) in [5.41, 5.74) is 3.39. The van der Waals surface area contributed by atoms with Gasteiger partial charge in [0.15, 0.2) is 11.0 Å². The molecule has 10 heteroatoms. The molecular weight excluding hydrogens is 478 g/mol. The van der Waals surface area contributed by atoms with Crippen LogP contribution >= 0.6 is 11.8 Å². The summed E-state index contributed by atoms with van der Waals surface area (Å²) in [4.78, 5) is 27.1. The van der Waals surface area contributed by atoms with Gasteiger partial charge in [0, 0.05) is 30.9 Å². The summed E-state index contributed by atoms with van der Waals surface area (Å²) in [6.45, 7) is 9.27. The minimum Gasteiger partial charge on any atom is -0.485 e. The molecule has 2 aromatic carbocycles. The monoisotopic (exact) mass is 509 g/mol. The molecule has 2 amide bonds. The zero-order chi connectivity index (χ0) is 25.5. The molecule has 36 heavy (non-hydrogen) atoms. The number of amides is 2. The summed E-state index contributed by atoms with van der Waals surface area (Å²) in [5, 5.41) is 12.1. The molecule has 4 rings (SSSR count). The van der Waals surface area contributed by atoms with E-state index in [0.717, 1.165) is 11.3 Å². The minimum atomic E-state index is -0.185. The lowest BCUT2D eigenvalue weighted by atomic mass is 10.1. The number of anilines is 1. The van der Waals surface area contributed by atoms with Gasteiger partial charge in [0.1, 0.15) is 12.4 Å². The number of ether oxygens (including phenoxy) is 2. The van der Waals surface area contributed by atoms with Crippen LogP contribution in [0.3, 0.4) is 0 Å². The lowest BCUT2D eigenvalue weighted by Crippen LogP contribution is -2.40. The van der Waals surface area contributed by atoms with E-state index < -0.39 is 0 Å². The number of aryl methyl sites for hydroxylation is 1. The van der Waals surface area contributed by atoms with Crippen LogP contribution in [0.25, 0.3) is 0 Å². The van der Waals surface area contributed by atoms with Gasteiger partial charge in [0.25, 0.3) is 5.91 Å². The molecule has 9 nitrogen and oxygen atoms in total. The summed E-state index contributed by atoms with van der Waals surface area (Å²) >= 11 is 1.31. The van der Waals surface area contributed by atoms with Crippen molar-refractivity contribution in [2.75, 3.05) is 37.4 Å². The normalized spacial score (nSPS) is 13.5. The Kier molecular flexibility index (Phi) is 8.61. The quantitative estimate of drug-likeness (QED) is 0.439. The van der Waals surface area contributed by atoms with Crippen LogP contribution in [0, 0.1) is 13.8 Å². The largest absolute Gasteiger partial charge is 0.485 e. The zero-order valence-electron chi connectivity index (χ0n) is 20.8. The highest BCUT2D eigenvalue weighted by Gasteiger charge is 2.19. The summed E-state index contributed by atoms with van der Waals surface area (Å²) < 4.78 is 13.3. The first-order valence-electron chi connectivity index (χ1n) is 12.0. The van der Waals surface area contributed by atoms with E-state index in [1.165, 1.54) is 17.3 Å². The van der Waals surface area contributed by atoms with Gasteiger partial charge < -0.3 is 24.3 Å². The van der Waals surface area contributed by atoms with E-state index in [0.29, 0.717) is 61.7 Å². The van der Waals surface area contributed by atoms with Crippen LogP contribution in [0.15, 0.2) is 47.6 Å². The van der Waals surface area contributed by atoms with Crippen LogP contribution in [0.1, 0.15) is 34.2 Å². The van der Waals surface area contributed by atoms with Gasteiger partial charge in [-0.05, 0) is 56.2 Å². The predicted molar refractivity (Wildman–Crippen MR) is 138 cm³/mol. The van der Waals surface area contributed by atoms with Crippen molar-refractivity contribution >= 4 is 29.3 Å². The van der Waals surface area contributed by atoms with Crippen molar-refractivity contribution in [1.82, 2.24) is 19.7 Å². The van der Waals surface area contributed by atoms with Crippen LogP contribution in [-0.4, -0.2) is 63.5 Å². The number of thioether (sulfide) groups is 1. The fourth-order valence-corrected chi connectivity index (χ4v) is 4.70. The Labute approximate surface area is 215 Å². The summed E-state index contributed by atoms with van der Waals surface area (Å²) in [6.07, 6.45) is 0. The molecule has 190 valence electrons. The van der Waals surface area contributed by atoms with Crippen LogP contribution in [0.5, 0.6) is 5.75 Å². The Morgan fingerprint density at radius 3 is 2.67 bits per heavy atom.